The zero-order chi connectivity index (χ0) is 77.8. The molecule has 0 amide bonds. The first-order valence-electron chi connectivity index (χ1n) is 45.0. The maximum Gasteiger partial charge on any atom is 0.472 e. The van der Waals surface area contributed by atoms with Gasteiger partial charge >= 0.3 is 39.5 Å². The quantitative estimate of drug-likeness (QED) is 0.0222. The number of aliphatic hydroxyl groups excluding tert-OH is 1. The molecule has 0 bridgehead atoms. The van der Waals surface area contributed by atoms with Crippen molar-refractivity contribution in [1.29, 1.82) is 0 Å². The maximum atomic E-state index is 13.2. The number of hydrogen-bond acceptors (Lipinski definition) is 15. The van der Waals surface area contributed by atoms with Crippen molar-refractivity contribution in [3.8, 4) is 0 Å². The zero-order valence-electron chi connectivity index (χ0n) is 69.7. The summed E-state index contributed by atoms with van der Waals surface area (Å²) in [5.41, 5.74) is 0. The molecule has 17 nitrogen and oxygen atoms in total. The maximum absolute atomic E-state index is 13.2. The summed E-state index contributed by atoms with van der Waals surface area (Å²) in [6.45, 7) is 9.75. The zero-order valence-corrected chi connectivity index (χ0v) is 71.5. The van der Waals surface area contributed by atoms with E-state index in [1.165, 1.54) is 283 Å². The summed E-state index contributed by atoms with van der Waals surface area (Å²) in [5, 5.41) is 10.7. The number of phosphoric ester groups is 2. The molecule has 0 rings (SSSR count). The standard InChI is InChI=1S/C87H170O17P2/c1-7-9-11-13-15-17-19-21-26-35-41-47-53-59-65-71-86(91)103-82(75-97-84(89)69-63-57-51-45-39-31-20-18-16-14-12-10-8-2)77-101-105(93,94)99-73-81(88)74-100-106(95,96)102-78-83(76-98-85(90)70-64-58-52-46-40-34-30-29-33-38-44-50-56-62-68-80(5)6)104-87(92)72-66-60-54-48-42-36-28-25-23-22-24-27-32-37-43-49-55-61-67-79(3)4/h79-83,88H,7-78H2,1-6H3,(H,93,94)(H,95,96)/t81-,82+,83+/m0/s1. The Hall–Kier alpha value is -1.94. The number of carbonyl (C=O) groups is 4. The first kappa shape index (κ1) is 104. The molecule has 0 aliphatic rings. The molecule has 630 valence electrons. The van der Waals surface area contributed by atoms with Crippen LogP contribution in [-0.4, -0.2) is 96.7 Å². The van der Waals surface area contributed by atoms with Crippen molar-refractivity contribution in [1.82, 2.24) is 0 Å². The fourth-order valence-electron chi connectivity index (χ4n) is 13.6. The molecule has 0 aromatic carbocycles. The van der Waals surface area contributed by atoms with E-state index >= 15 is 0 Å². The number of carbonyl (C=O) groups excluding carboxylic acids is 4. The number of ether oxygens (including phenoxy) is 4. The topological polar surface area (TPSA) is 237 Å². The molecule has 0 aromatic heterocycles. The summed E-state index contributed by atoms with van der Waals surface area (Å²) >= 11 is 0. The second-order valence-corrected chi connectivity index (χ2v) is 35.1. The first-order valence-corrected chi connectivity index (χ1v) is 48.0. The number of esters is 4. The summed E-state index contributed by atoms with van der Waals surface area (Å²) < 4.78 is 69.0. The molecular weight excluding hydrogens is 1380 g/mol. The number of hydrogen-bond donors (Lipinski definition) is 3. The van der Waals surface area contributed by atoms with E-state index in [1.807, 2.05) is 0 Å². The van der Waals surface area contributed by atoms with E-state index in [1.54, 1.807) is 0 Å². The molecule has 0 saturated heterocycles. The van der Waals surface area contributed by atoms with Gasteiger partial charge in [-0.3, -0.25) is 37.3 Å². The summed E-state index contributed by atoms with van der Waals surface area (Å²) in [6, 6.07) is 0. The predicted octanol–water partition coefficient (Wildman–Crippen LogP) is 26.6. The van der Waals surface area contributed by atoms with Crippen LogP contribution in [0.1, 0.15) is 465 Å². The van der Waals surface area contributed by atoms with Gasteiger partial charge in [-0.05, 0) is 37.5 Å². The number of phosphoric acid groups is 2. The summed E-state index contributed by atoms with van der Waals surface area (Å²) in [6.07, 6.45) is 70.7. The fraction of sp³-hybridized carbons (Fsp3) is 0.954. The van der Waals surface area contributed by atoms with Crippen molar-refractivity contribution < 1.29 is 80.2 Å². The van der Waals surface area contributed by atoms with Crippen LogP contribution >= 0.6 is 15.6 Å². The van der Waals surface area contributed by atoms with Gasteiger partial charge in [0, 0.05) is 25.7 Å². The molecule has 3 N–H and O–H groups in total. The molecule has 5 atom stereocenters. The molecule has 0 saturated carbocycles. The van der Waals surface area contributed by atoms with Gasteiger partial charge in [0.2, 0.25) is 0 Å². The molecule has 2 unspecified atom stereocenters. The number of rotatable bonds is 86. The minimum Gasteiger partial charge on any atom is -0.462 e. The number of aliphatic hydroxyl groups is 1. The molecule has 0 aliphatic carbocycles. The Balaban J connectivity index is 5.25. The molecule has 0 radical (unpaired) electrons. The Kier molecular flexibility index (Phi) is 76.9. The van der Waals surface area contributed by atoms with E-state index in [9.17, 15) is 43.2 Å². The summed E-state index contributed by atoms with van der Waals surface area (Å²) in [7, 11) is -9.93. The lowest BCUT2D eigenvalue weighted by atomic mass is 10.0. The highest BCUT2D eigenvalue weighted by Crippen LogP contribution is 2.45. The van der Waals surface area contributed by atoms with E-state index in [2.05, 4.69) is 41.5 Å². The van der Waals surface area contributed by atoms with Crippen LogP contribution < -0.4 is 0 Å². The Labute approximate surface area is 651 Å². The van der Waals surface area contributed by atoms with Crippen LogP contribution in [0.25, 0.3) is 0 Å². The first-order chi connectivity index (χ1) is 51.4. The van der Waals surface area contributed by atoms with Crippen molar-refractivity contribution in [3.63, 3.8) is 0 Å². The van der Waals surface area contributed by atoms with Gasteiger partial charge < -0.3 is 33.8 Å². The van der Waals surface area contributed by atoms with Crippen LogP contribution in [0.4, 0.5) is 0 Å². The van der Waals surface area contributed by atoms with Crippen LogP contribution in [0.5, 0.6) is 0 Å². The van der Waals surface area contributed by atoms with Gasteiger partial charge in [-0.25, -0.2) is 9.13 Å². The van der Waals surface area contributed by atoms with E-state index < -0.39 is 97.5 Å². The minimum atomic E-state index is -4.97. The molecule has 0 spiro atoms. The van der Waals surface area contributed by atoms with E-state index in [0.717, 1.165) is 102 Å². The Morgan fingerprint density at radius 2 is 0.434 bits per heavy atom. The van der Waals surface area contributed by atoms with Crippen LogP contribution in [-0.2, 0) is 65.4 Å². The van der Waals surface area contributed by atoms with Crippen molar-refractivity contribution in [2.75, 3.05) is 39.6 Å². The van der Waals surface area contributed by atoms with Gasteiger partial charge in [-0.1, -0.05) is 414 Å². The second-order valence-electron chi connectivity index (χ2n) is 32.2. The van der Waals surface area contributed by atoms with Crippen molar-refractivity contribution >= 4 is 39.5 Å². The lowest BCUT2D eigenvalue weighted by molar-refractivity contribution is -0.161. The summed E-state index contributed by atoms with van der Waals surface area (Å²) in [5.74, 6) is -0.478. The van der Waals surface area contributed by atoms with E-state index in [-0.39, 0.29) is 25.7 Å². The van der Waals surface area contributed by atoms with Crippen LogP contribution in [0.3, 0.4) is 0 Å². The molecule has 0 aromatic rings. The average molecular weight is 1550 g/mol. The van der Waals surface area contributed by atoms with Gasteiger partial charge in [0.15, 0.2) is 12.2 Å². The van der Waals surface area contributed by atoms with Gasteiger partial charge in [0.05, 0.1) is 26.4 Å². The highest BCUT2D eigenvalue weighted by Gasteiger charge is 2.30. The lowest BCUT2D eigenvalue weighted by Crippen LogP contribution is -2.30. The third kappa shape index (κ3) is 80.1. The van der Waals surface area contributed by atoms with Crippen molar-refractivity contribution in [2.45, 2.75) is 484 Å². The number of unbranched alkanes of at least 4 members (excludes halogenated alkanes) is 56. The Morgan fingerprint density at radius 3 is 0.642 bits per heavy atom. The van der Waals surface area contributed by atoms with Gasteiger partial charge in [0.25, 0.3) is 0 Å². The summed E-state index contributed by atoms with van der Waals surface area (Å²) in [4.78, 5) is 73.3. The molecule has 106 heavy (non-hydrogen) atoms. The Bertz CT molecular complexity index is 2030. The van der Waals surface area contributed by atoms with Crippen LogP contribution in [0, 0.1) is 11.8 Å². The molecule has 0 heterocycles. The lowest BCUT2D eigenvalue weighted by Gasteiger charge is -2.21. The van der Waals surface area contributed by atoms with Gasteiger partial charge in [0.1, 0.15) is 19.3 Å². The van der Waals surface area contributed by atoms with Crippen LogP contribution in [0.2, 0.25) is 0 Å². The molecule has 19 heteroatoms. The Morgan fingerprint density at radius 1 is 0.255 bits per heavy atom. The van der Waals surface area contributed by atoms with Crippen LogP contribution in [0.15, 0.2) is 0 Å². The van der Waals surface area contributed by atoms with Gasteiger partial charge in [-0.15, -0.1) is 0 Å². The van der Waals surface area contributed by atoms with Gasteiger partial charge in [-0.2, -0.15) is 0 Å². The largest absolute Gasteiger partial charge is 0.472 e. The smallest absolute Gasteiger partial charge is 0.462 e. The molecule has 0 fully saturated rings. The van der Waals surface area contributed by atoms with E-state index in [4.69, 9.17) is 37.0 Å². The van der Waals surface area contributed by atoms with Crippen molar-refractivity contribution in [3.05, 3.63) is 0 Å². The highest BCUT2D eigenvalue weighted by molar-refractivity contribution is 7.47. The third-order valence-electron chi connectivity index (χ3n) is 20.5. The SMILES string of the molecule is CCCCCCCCCCCCCCCCCC(=O)O[C@H](COC(=O)CCCCCCCCCCCCCCC)COP(=O)(O)OC[C@H](O)COP(=O)(O)OC[C@@H](COC(=O)CCCCCCCCCCCCCCCCC(C)C)OC(=O)CCCCCCCCCCCCCCCCCCCCC(C)C. The minimum absolute atomic E-state index is 0.109. The molecular formula is C87H170O17P2. The highest BCUT2D eigenvalue weighted by atomic mass is 31.2. The second kappa shape index (κ2) is 78.3. The predicted molar refractivity (Wildman–Crippen MR) is 437 cm³/mol. The molecule has 0 aliphatic heterocycles. The fourth-order valence-corrected chi connectivity index (χ4v) is 15.2. The monoisotopic (exact) mass is 1550 g/mol. The average Bonchev–Trinajstić information content (AvgIpc) is 0.897. The van der Waals surface area contributed by atoms with E-state index in [0.29, 0.717) is 25.7 Å². The normalized spacial score (nSPS) is 13.8. The third-order valence-corrected chi connectivity index (χ3v) is 22.4. The van der Waals surface area contributed by atoms with Crippen molar-refractivity contribution in [2.24, 2.45) is 11.8 Å².